The monoisotopic (exact) mass is 408 g/mol. The molecule has 4 rings (SSSR count). The summed E-state index contributed by atoms with van der Waals surface area (Å²) in [5.41, 5.74) is 10.4. The normalized spacial score (nSPS) is 16.0. The molecule has 2 N–H and O–H groups in total. The largest absolute Gasteiger partial charge is 0.480 e. The molecule has 0 radical (unpaired) electrons. The van der Waals surface area contributed by atoms with Crippen LogP contribution in [0.2, 0.25) is 0 Å². The van der Waals surface area contributed by atoms with Crippen molar-refractivity contribution in [2.24, 2.45) is 5.73 Å². The first-order valence-corrected chi connectivity index (χ1v) is 9.89. The van der Waals surface area contributed by atoms with E-state index < -0.39 is 18.0 Å². The Morgan fingerprint density at radius 3 is 2.73 bits per heavy atom. The Hall–Kier alpha value is -3.32. The molecule has 1 unspecified atom stereocenters. The van der Waals surface area contributed by atoms with Gasteiger partial charge in [0.1, 0.15) is 5.75 Å². The van der Waals surface area contributed by atoms with Crippen molar-refractivity contribution in [2.45, 2.75) is 25.4 Å². The summed E-state index contributed by atoms with van der Waals surface area (Å²) in [4.78, 5) is 23.9. The van der Waals surface area contributed by atoms with Gasteiger partial charge in [-0.05, 0) is 36.1 Å². The fourth-order valence-electron chi connectivity index (χ4n) is 4.03. The zero-order valence-corrected chi connectivity index (χ0v) is 16.8. The summed E-state index contributed by atoms with van der Waals surface area (Å²) in [6.45, 7) is 0.219. The number of primary amides is 1. The fraction of sp³-hybridized carbons (Fsp3) is 0.304. The lowest BCUT2D eigenvalue weighted by Gasteiger charge is -2.15. The number of ether oxygens (including phenoxy) is 3. The molecule has 1 aliphatic heterocycles. The van der Waals surface area contributed by atoms with Gasteiger partial charge in [-0.3, -0.25) is 4.79 Å². The molecule has 3 aromatic rings. The van der Waals surface area contributed by atoms with Crippen molar-refractivity contribution in [3.8, 4) is 5.75 Å². The molecule has 1 amide bonds. The van der Waals surface area contributed by atoms with E-state index in [1.807, 2.05) is 34.9 Å². The fourth-order valence-corrected chi connectivity index (χ4v) is 4.03. The standard InChI is InChI=1S/C23H24N2O5/c1-28-19(26)14-30-18-10-5-11-25-17(13-15-7-3-2-4-8-15)16-9-6-12-29-22(23(24)27)20(16)21(18)25/h2-5,7-8,10-11,22H,6,9,12-14H2,1H3,(H2,24,27). The predicted octanol–water partition coefficient (Wildman–Crippen LogP) is 2.57. The third kappa shape index (κ3) is 3.76. The van der Waals surface area contributed by atoms with Crippen molar-refractivity contribution in [1.29, 1.82) is 0 Å². The van der Waals surface area contributed by atoms with Crippen LogP contribution >= 0.6 is 0 Å². The van der Waals surface area contributed by atoms with Gasteiger partial charge in [0.2, 0.25) is 0 Å². The SMILES string of the molecule is COC(=O)COc1cccn2c(Cc3ccccc3)c3c(c12)C(C(N)=O)OCCC3. The van der Waals surface area contributed by atoms with Crippen molar-refractivity contribution in [3.05, 3.63) is 71.0 Å². The number of pyridine rings is 1. The van der Waals surface area contributed by atoms with Gasteiger partial charge >= 0.3 is 5.97 Å². The first-order valence-electron chi connectivity index (χ1n) is 9.89. The number of hydrogen-bond acceptors (Lipinski definition) is 5. The van der Waals surface area contributed by atoms with Gasteiger partial charge in [0, 0.05) is 30.5 Å². The smallest absolute Gasteiger partial charge is 0.343 e. The average molecular weight is 408 g/mol. The molecule has 30 heavy (non-hydrogen) atoms. The molecule has 0 saturated heterocycles. The highest BCUT2D eigenvalue weighted by Gasteiger charge is 2.32. The highest BCUT2D eigenvalue weighted by atomic mass is 16.6. The molecule has 0 bridgehead atoms. The van der Waals surface area contributed by atoms with E-state index in [0.717, 1.165) is 35.2 Å². The van der Waals surface area contributed by atoms with Crippen LogP contribution in [0.25, 0.3) is 5.52 Å². The van der Waals surface area contributed by atoms with Crippen LogP contribution in [-0.2, 0) is 31.9 Å². The molecule has 0 spiro atoms. The molecule has 3 heterocycles. The maximum atomic E-state index is 12.3. The number of nitrogens with zero attached hydrogens (tertiary/aromatic N) is 1. The topological polar surface area (TPSA) is 92.3 Å². The van der Waals surface area contributed by atoms with E-state index in [9.17, 15) is 9.59 Å². The quantitative estimate of drug-likeness (QED) is 0.633. The molecule has 1 atom stereocenters. The van der Waals surface area contributed by atoms with E-state index in [0.29, 0.717) is 24.3 Å². The third-order valence-electron chi connectivity index (χ3n) is 5.34. The third-order valence-corrected chi connectivity index (χ3v) is 5.34. The van der Waals surface area contributed by atoms with E-state index in [-0.39, 0.29) is 6.61 Å². The molecule has 156 valence electrons. The summed E-state index contributed by atoms with van der Waals surface area (Å²) < 4.78 is 18.3. The molecule has 0 aliphatic carbocycles. The highest BCUT2D eigenvalue weighted by molar-refractivity contribution is 5.86. The lowest BCUT2D eigenvalue weighted by Crippen LogP contribution is -2.24. The predicted molar refractivity (Wildman–Crippen MR) is 110 cm³/mol. The summed E-state index contributed by atoms with van der Waals surface area (Å²) in [6.07, 6.45) is 3.30. The number of esters is 1. The van der Waals surface area contributed by atoms with Gasteiger partial charge in [-0.1, -0.05) is 30.3 Å². The Labute approximate surface area is 174 Å². The summed E-state index contributed by atoms with van der Waals surface area (Å²) in [7, 11) is 1.31. The van der Waals surface area contributed by atoms with Gasteiger partial charge in [0.15, 0.2) is 12.7 Å². The van der Waals surface area contributed by atoms with Crippen molar-refractivity contribution in [2.75, 3.05) is 20.3 Å². The summed E-state index contributed by atoms with van der Waals surface area (Å²) in [6, 6.07) is 13.8. The molecule has 0 saturated carbocycles. The lowest BCUT2D eigenvalue weighted by molar-refractivity contribution is -0.142. The van der Waals surface area contributed by atoms with Crippen molar-refractivity contribution in [1.82, 2.24) is 4.40 Å². The number of hydrogen-bond donors (Lipinski definition) is 1. The minimum absolute atomic E-state index is 0.230. The van der Waals surface area contributed by atoms with E-state index in [4.69, 9.17) is 19.9 Å². The number of aromatic nitrogens is 1. The minimum Gasteiger partial charge on any atom is -0.480 e. The number of amides is 1. The minimum atomic E-state index is -0.870. The number of nitrogens with two attached hydrogens (primary N) is 1. The van der Waals surface area contributed by atoms with Crippen LogP contribution in [-0.4, -0.2) is 36.6 Å². The Balaban J connectivity index is 1.91. The van der Waals surface area contributed by atoms with Crippen LogP contribution in [0, 0.1) is 0 Å². The summed E-state index contributed by atoms with van der Waals surface area (Å²) >= 11 is 0. The Morgan fingerprint density at radius 1 is 1.20 bits per heavy atom. The number of benzene rings is 1. The van der Waals surface area contributed by atoms with Crippen molar-refractivity contribution >= 4 is 17.4 Å². The molecular formula is C23H24N2O5. The van der Waals surface area contributed by atoms with Crippen LogP contribution in [0.1, 0.15) is 34.9 Å². The van der Waals surface area contributed by atoms with E-state index in [2.05, 4.69) is 12.1 Å². The summed E-state index contributed by atoms with van der Waals surface area (Å²) in [5, 5.41) is 0. The molecular weight excluding hydrogens is 384 g/mol. The first kappa shape index (κ1) is 20.0. The van der Waals surface area contributed by atoms with Crippen LogP contribution in [0.5, 0.6) is 5.75 Å². The second-order valence-corrected chi connectivity index (χ2v) is 7.21. The van der Waals surface area contributed by atoms with Crippen LogP contribution in [0.4, 0.5) is 0 Å². The second kappa shape index (κ2) is 8.59. The van der Waals surface area contributed by atoms with Crippen molar-refractivity contribution < 1.29 is 23.8 Å². The molecule has 2 aromatic heterocycles. The Bertz CT molecular complexity index is 1070. The number of methoxy groups -OCH3 is 1. The van der Waals surface area contributed by atoms with E-state index >= 15 is 0 Å². The molecule has 7 nitrogen and oxygen atoms in total. The number of fused-ring (bicyclic) bond motifs is 3. The molecule has 1 aliphatic rings. The molecule has 7 heteroatoms. The zero-order valence-electron chi connectivity index (χ0n) is 16.8. The van der Waals surface area contributed by atoms with Crippen molar-refractivity contribution in [3.63, 3.8) is 0 Å². The van der Waals surface area contributed by atoms with Gasteiger partial charge in [0.05, 0.1) is 12.6 Å². The molecule has 0 fully saturated rings. The van der Waals surface area contributed by atoms with Gasteiger partial charge in [-0.2, -0.15) is 0 Å². The first-order chi connectivity index (χ1) is 14.6. The highest BCUT2D eigenvalue weighted by Crippen LogP contribution is 2.39. The summed E-state index contributed by atoms with van der Waals surface area (Å²) in [5.74, 6) is -0.545. The van der Waals surface area contributed by atoms with Crippen LogP contribution < -0.4 is 10.5 Å². The van der Waals surface area contributed by atoms with Gasteiger partial charge in [-0.15, -0.1) is 0 Å². The maximum absolute atomic E-state index is 12.3. The van der Waals surface area contributed by atoms with E-state index in [1.165, 1.54) is 7.11 Å². The zero-order chi connectivity index (χ0) is 21.1. The van der Waals surface area contributed by atoms with Crippen LogP contribution in [0.3, 0.4) is 0 Å². The Morgan fingerprint density at radius 2 is 2.00 bits per heavy atom. The van der Waals surface area contributed by atoms with E-state index in [1.54, 1.807) is 6.07 Å². The lowest BCUT2D eigenvalue weighted by atomic mass is 9.97. The Kier molecular flexibility index (Phi) is 5.72. The number of carbonyl (C=O) groups is 2. The molecule has 1 aromatic carbocycles. The van der Waals surface area contributed by atoms with Crippen LogP contribution in [0.15, 0.2) is 48.7 Å². The second-order valence-electron chi connectivity index (χ2n) is 7.21. The maximum Gasteiger partial charge on any atom is 0.343 e. The average Bonchev–Trinajstić information content (AvgIpc) is 2.91. The number of rotatable bonds is 6. The van der Waals surface area contributed by atoms with Gasteiger partial charge in [0.25, 0.3) is 5.91 Å². The van der Waals surface area contributed by atoms with Gasteiger partial charge in [-0.25, -0.2) is 4.79 Å². The van der Waals surface area contributed by atoms with Gasteiger partial charge < -0.3 is 24.3 Å². The number of carbonyl (C=O) groups excluding carboxylic acids is 2.